The van der Waals surface area contributed by atoms with Crippen molar-refractivity contribution in [2.75, 3.05) is 20.2 Å². The Morgan fingerprint density at radius 1 is 1.23 bits per heavy atom. The quantitative estimate of drug-likeness (QED) is 0.829. The maximum absolute atomic E-state index is 12.7. The summed E-state index contributed by atoms with van der Waals surface area (Å²) in [7, 11) is -2.22. The van der Waals surface area contributed by atoms with Gasteiger partial charge in [-0.05, 0) is 24.5 Å². The van der Waals surface area contributed by atoms with Crippen molar-refractivity contribution in [3.8, 4) is 16.9 Å². The molecule has 1 aliphatic rings. The third kappa shape index (κ3) is 3.61. The van der Waals surface area contributed by atoms with Crippen molar-refractivity contribution in [1.29, 1.82) is 0 Å². The first-order valence-electron chi connectivity index (χ1n) is 8.37. The molecule has 1 fully saturated rings. The van der Waals surface area contributed by atoms with Crippen LogP contribution in [0, 0.1) is 0 Å². The van der Waals surface area contributed by atoms with Gasteiger partial charge >= 0.3 is 5.97 Å². The maximum atomic E-state index is 12.7. The van der Waals surface area contributed by atoms with E-state index in [1.54, 1.807) is 12.1 Å². The van der Waals surface area contributed by atoms with Crippen molar-refractivity contribution in [2.24, 2.45) is 0 Å². The minimum Gasteiger partial charge on any atom is -0.495 e. The van der Waals surface area contributed by atoms with E-state index in [4.69, 9.17) is 9.15 Å². The first-order valence-corrected chi connectivity index (χ1v) is 9.98. The van der Waals surface area contributed by atoms with E-state index >= 15 is 0 Å². The summed E-state index contributed by atoms with van der Waals surface area (Å²) >= 11 is 0. The lowest BCUT2D eigenvalue weighted by Gasteiger charge is -2.26. The van der Waals surface area contributed by atoms with Gasteiger partial charge in [-0.2, -0.15) is 0 Å². The normalized spacial score (nSPS) is 15.7. The summed E-state index contributed by atoms with van der Waals surface area (Å²) in [6.45, 7) is 0.962. The van der Waals surface area contributed by atoms with Gasteiger partial charge in [-0.3, -0.25) is 0 Å². The highest BCUT2D eigenvalue weighted by molar-refractivity contribution is 7.88. The summed E-state index contributed by atoms with van der Waals surface area (Å²) in [6.07, 6.45) is 5.62. The highest BCUT2D eigenvalue weighted by Crippen LogP contribution is 2.36. The van der Waals surface area contributed by atoms with Gasteiger partial charge < -0.3 is 14.3 Å². The highest BCUT2D eigenvalue weighted by atomic mass is 32.2. The minimum absolute atomic E-state index is 0.130. The van der Waals surface area contributed by atoms with E-state index < -0.39 is 16.0 Å². The number of carboxylic acid groups (broad SMARTS) is 1. The van der Waals surface area contributed by atoms with Gasteiger partial charge in [0.25, 0.3) is 0 Å². The molecule has 0 spiro atoms. The van der Waals surface area contributed by atoms with Crippen LogP contribution in [0.5, 0.6) is 5.75 Å². The van der Waals surface area contributed by atoms with Crippen LogP contribution in [-0.4, -0.2) is 44.0 Å². The van der Waals surface area contributed by atoms with Crippen molar-refractivity contribution in [2.45, 2.75) is 25.0 Å². The van der Waals surface area contributed by atoms with E-state index in [-0.39, 0.29) is 22.6 Å². The summed E-state index contributed by atoms with van der Waals surface area (Å²) in [5.74, 6) is -1.46. The van der Waals surface area contributed by atoms with Gasteiger partial charge in [-0.1, -0.05) is 18.6 Å². The largest absolute Gasteiger partial charge is 0.495 e. The summed E-state index contributed by atoms with van der Waals surface area (Å²) in [4.78, 5) is 11.9. The Kier molecular flexibility index (Phi) is 5.33. The van der Waals surface area contributed by atoms with Crippen molar-refractivity contribution >= 4 is 16.0 Å². The molecule has 3 rings (SSSR count). The fourth-order valence-electron chi connectivity index (χ4n) is 3.27. The second kappa shape index (κ2) is 7.51. The predicted molar refractivity (Wildman–Crippen MR) is 95.7 cm³/mol. The Morgan fingerprint density at radius 2 is 1.96 bits per heavy atom. The summed E-state index contributed by atoms with van der Waals surface area (Å²) in [5, 5.41) is 9.69. The smallest absolute Gasteiger partial charge is 0.339 e. The molecular weight excluding hydrogens is 358 g/mol. The third-order valence-electron chi connectivity index (χ3n) is 4.54. The van der Waals surface area contributed by atoms with Crippen molar-refractivity contribution in [3.63, 3.8) is 0 Å². The van der Waals surface area contributed by atoms with Crippen LogP contribution in [0.4, 0.5) is 0 Å². The number of ether oxygens (including phenoxy) is 1. The van der Waals surface area contributed by atoms with Crippen LogP contribution >= 0.6 is 0 Å². The lowest BCUT2D eigenvalue weighted by molar-refractivity contribution is 0.0692. The Bertz CT molecular complexity index is 883. The zero-order chi connectivity index (χ0) is 18.7. The van der Waals surface area contributed by atoms with Gasteiger partial charge in [0.05, 0.1) is 25.4 Å². The maximum Gasteiger partial charge on any atom is 0.339 e. The van der Waals surface area contributed by atoms with Crippen molar-refractivity contribution in [1.82, 2.24) is 4.31 Å². The van der Waals surface area contributed by atoms with Gasteiger partial charge in [0, 0.05) is 24.2 Å². The molecule has 0 saturated carbocycles. The number of nitrogens with zero attached hydrogens (tertiary/aromatic N) is 1. The summed E-state index contributed by atoms with van der Waals surface area (Å²) in [5.41, 5.74) is 1.28. The number of furan rings is 1. The Hall–Kier alpha value is -2.32. The van der Waals surface area contributed by atoms with Crippen LogP contribution in [0.1, 0.15) is 35.2 Å². The zero-order valence-corrected chi connectivity index (χ0v) is 15.3. The molecule has 1 N–H and O–H groups in total. The molecule has 2 aromatic rings. The van der Waals surface area contributed by atoms with Crippen LogP contribution in [0.15, 0.2) is 35.1 Å². The van der Waals surface area contributed by atoms with Crippen LogP contribution < -0.4 is 4.74 Å². The number of hydrogen-bond acceptors (Lipinski definition) is 5. The van der Waals surface area contributed by atoms with E-state index in [1.807, 2.05) is 0 Å². The summed E-state index contributed by atoms with van der Waals surface area (Å²) in [6, 6.07) is 4.89. The fourth-order valence-corrected chi connectivity index (χ4v) is 4.90. The molecule has 1 aromatic carbocycles. The number of piperidine rings is 1. The molecule has 0 amide bonds. The zero-order valence-electron chi connectivity index (χ0n) is 14.5. The first-order chi connectivity index (χ1) is 12.4. The topological polar surface area (TPSA) is 97.0 Å². The van der Waals surface area contributed by atoms with Gasteiger partial charge in [-0.25, -0.2) is 17.5 Å². The number of sulfonamides is 1. The molecule has 7 nitrogen and oxygen atoms in total. The van der Waals surface area contributed by atoms with E-state index in [1.165, 1.54) is 30.0 Å². The Balaban J connectivity index is 2.03. The van der Waals surface area contributed by atoms with Crippen LogP contribution in [0.3, 0.4) is 0 Å². The molecule has 1 aliphatic heterocycles. The first kappa shape index (κ1) is 18.5. The third-order valence-corrected chi connectivity index (χ3v) is 6.37. The molecule has 0 radical (unpaired) electrons. The molecule has 1 saturated heterocycles. The number of carboxylic acids is 1. The second-order valence-corrected chi connectivity index (χ2v) is 8.18. The molecule has 0 atom stereocenters. The van der Waals surface area contributed by atoms with Crippen LogP contribution in [0.2, 0.25) is 0 Å². The lowest BCUT2D eigenvalue weighted by Crippen LogP contribution is -2.36. The van der Waals surface area contributed by atoms with Gasteiger partial charge in [-0.15, -0.1) is 0 Å². The van der Waals surface area contributed by atoms with E-state index in [2.05, 4.69) is 0 Å². The van der Waals surface area contributed by atoms with Gasteiger partial charge in [0.15, 0.2) is 0 Å². The number of benzene rings is 1. The molecule has 1 aromatic heterocycles. The number of carbonyl (C=O) groups is 1. The SMILES string of the molecule is COc1c(-c2ccoc2)ccc(CS(=O)(=O)N2CCCCC2)c1C(=O)O. The predicted octanol–water partition coefficient (Wildman–Crippen LogP) is 2.97. The average Bonchev–Trinajstić information content (AvgIpc) is 3.15. The number of methoxy groups -OCH3 is 1. The molecule has 26 heavy (non-hydrogen) atoms. The van der Waals surface area contributed by atoms with E-state index in [9.17, 15) is 18.3 Å². The molecule has 0 aliphatic carbocycles. The lowest BCUT2D eigenvalue weighted by atomic mass is 9.99. The second-order valence-electron chi connectivity index (χ2n) is 6.21. The number of rotatable bonds is 6. The number of hydrogen-bond donors (Lipinski definition) is 1. The molecule has 0 bridgehead atoms. The average molecular weight is 379 g/mol. The molecule has 8 heteroatoms. The van der Waals surface area contributed by atoms with Crippen LogP contribution in [0.25, 0.3) is 11.1 Å². The van der Waals surface area contributed by atoms with Crippen LogP contribution in [-0.2, 0) is 15.8 Å². The van der Waals surface area contributed by atoms with Crippen molar-refractivity contribution < 1.29 is 27.5 Å². The summed E-state index contributed by atoms with van der Waals surface area (Å²) < 4.78 is 37.3. The monoisotopic (exact) mass is 379 g/mol. The Morgan fingerprint density at radius 3 is 2.54 bits per heavy atom. The molecular formula is C18H21NO6S. The molecule has 2 heterocycles. The van der Waals surface area contributed by atoms with Gasteiger partial charge in [0.2, 0.25) is 10.0 Å². The number of aromatic carboxylic acids is 1. The standard InChI is InChI=1S/C18H21NO6S/c1-24-17-15(13-7-10-25-11-13)6-5-14(16(17)18(20)21)12-26(22,23)19-8-3-2-4-9-19/h5-7,10-11H,2-4,8-9,12H2,1H3,(H,20,21). The van der Waals surface area contributed by atoms with Crippen molar-refractivity contribution in [3.05, 3.63) is 41.9 Å². The van der Waals surface area contributed by atoms with E-state index in [0.717, 1.165) is 19.3 Å². The minimum atomic E-state index is -3.59. The van der Waals surface area contributed by atoms with Gasteiger partial charge in [0.1, 0.15) is 11.3 Å². The fraction of sp³-hybridized carbons (Fsp3) is 0.389. The van der Waals surface area contributed by atoms with E-state index in [0.29, 0.717) is 24.2 Å². The molecule has 0 unspecified atom stereocenters. The Labute approximate surface area is 152 Å². The molecule has 140 valence electrons. The highest BCUT2D eigenvalue weighted by Gasteiger charge is 2.28.